The third-order valence-corrected chi connectivity index (χ3v) is 4.07. The Labute approximate surface area is 128 Å². The average molecular weight is 282 g/mol. The van der Waals surface area contributed by atoms with E-state index in [2.05, 4.69) is 81.7 Å². The Balaban J connectivity index is 1.99. The molecule has 1 atom stereocenters. The van der Waals surface area contributed by atoms with Crippen LogP contribution < -0.4 is 10.6 Å². The van der Waals surface area contributed by atoms with E-state index in [1.807, 2.05) is 0 Å². The molecule has 2 aromatic carbocycles. The third kappa shape index (κ3) is 3.78. The van der Waals surface area contributed by atoms with Crippen LogP contribution in [0.3, 0.4) is 0 Å². The molecule has 0 saturated carbocycles. The lowest BCUT2D eigenvalue weighted by Gasteiger charge is -2.20. The van der Waals surface area contributed by atoms with Gasteiger partial charge in [0.2, 0.25) is 0 Å². The second kappa shape index (κ2) is 6.66. The smallest absolute Gasteiger partial charge is 0.0405 e. The molecule has 0 spiro atoms. The fourth-order valence-corrected chi connectivity index (χ4v) is 2.57. The molecule has 21 heavy (non-hydrogen) atoms. The summed E-state index contributed by atoms with van der Waals surface area (Å²) in [7, 11) is 0. The van der Waals surface area contributed by atoms with Crippen molar-refractivity contribution in [2.45, 2.75) is 40.7 Å². The van der Waals surface area contributed by atoms with E-state index in [0.717, 1.165) is 6.54 Å². The van der Waals surface area contributed by atoms with Crippen LogP contribution in [0.1, 0.15) is 29.2 Å². The molecule has 1 unspecified atom stereocenters. The summed E-state index contributed by atoms with van der Waals surface area (Å²) in [5, 5.41) is 7.17. The van der Waals surface area contributed by atoms with E-state index >= 15 is 0 Å². The first kappa shape index (κ1) is 15.4. The molecule has 0 amide bonds. The van der Waals surface area contributed by atoms with Gasteiger partial charge in [0.25, 0.3) is 0 Å². The van der Waals surface area contributed by atoms with Gasteiger partial charge in [0.15, 0.2) is 0 Å². The first-order valence-corrected chi connectivity index (χ1v) is 7.62. The summed E-state index contributed by atoms with van der Waals surface area (Å²) < 4.78 is 0. The minimum absolute atomic E-state index is 0.365. The van der Waals surface area contributed by atoms with Gasteiger partial charge in [-0.15, -0.1) is 0 Å². The van der Waals surface area contributed by atoms with E-state index in [-0.39, 0.29) is 0 Å². The van der Waals surface area contributed by atoms with Gasteiger partial charge in [-0.2, -0.15) is 0 Å². The molecule has 0 heterocycles. The van der Waals surface area contributed by atoms with Gasteiger partial charge in [0.05, 0.1) is 0 Å². The Bertz CT molecular complexity index is 597. The molecule has 112 valence electrons. The van der Waals surface area contributed by atoms with Crippen molar-refractivity contribution in [2.75, 3.05) is 17.2 Å². The normalized spacial score (nSPS) is 12.0. The zero-order valence-corrected chi connectivity index (χ0v) is 13.7. The molecular formula is C19H26N2. The van der Waals surface area contributed by atoms with Gasteiger partial charge in [-0.25, -0.2) is 0 Å². The minimum Gasteiger partial charge on any atom is -0.383 e. The third-order valence-electron chi connectivity index (χ3n) is 4.07. The molecule has 0 radical (unpaired) electrons. The molecule has 2 rings (SSSR count). The monoisotopic (exact) mass is 282 g/mol. The Morgan fingerprint density at radius 3 is 2.10 bits per heavy atom. The number of para-hydroxylation sites is 1. The van der Waals surface area contributed by atoms with Crippen molar-refractivity contribution in [1.29, 1.82) is 0 Å². The minimum atomic E-state index is 0.365. The van der Waals surface area contributed by atoms with E-state index in [1.165, 1.54) is 33.6 Å². The summed E-state index contributed by atoms with van der Waals surface area (Å²) >= 11 is 0. The SMILES string of the molecule is Cc1cccc(NC(C)CNc2c(C)cccc2C)c1C. The van der Waals surface area contributed by atoms with Crippen LogP contribution in [-0.4, -0.2) is 12.6 Å². The molecule has 2 N–H and O–H groups in total. The number of aryl methyl sites for hydroxylation is 3. The number of rotatable bonds is 5. The standard InChI is InChI=1S/C19H26N2/c1-13-8-7-11-18(17(13)5)21-16(4)12-20-19-14(2)9-6-10-15(19)3/h6-11,16,20-21H,12H2,1-5H3. The van der Waals surface area contributed by atoms with Crippen LogP contribution >= 0.6 is 0 Å². The van der Waals surface area contributed by atoms with Gasteiger partial charge in [-0.1, -0.05) is 30.3 Å². The van der Waals surface area contributed by atoms with Crippen molar-refractivity contribution in [3.8, 4) is 0 Å². The van der Waals surface area contributed by atoms with E-state index in [0.29, 0.717) is 6.04 Å². The second-order valence-corrected chi connectivity index (χ2v) is 5.94. The quantitative estimate of drug-likeness (QED) is 0.820. The maximum Gasteiger partial charge on any atom is 0.0405 e. The van der Waals surface area contributed by atoms with Crippen LogP contribution in [0.4, 0.5) is 11.4 Å². The molecule has 0 bridgehead atoms. The Hall–Kier alpha value is -1.96. The number of hydrogen-bond donors (Lipinski definition) is 2. The Kier molecular flexibility index (Phi) is 4.89. The highest BCUT2D eigenvalue weighted by atomic mass is 15.0. The maximum absolute atomic E-state index is 3.60. The number of hydrogen-bond acceptors (Lipinski definition) is 2. The highest BCUT2D eigenvalue weighted by Crippen LogP contribution is 2.21. The molecule has 0 aromatic heterocycles. The topological polar surface area (TPSA) is 24.1 Å². The van der Waals surface area contributed by atoms with Crippen LogP contribution in [-0.2, 0) is 0 Å². The molecular weight excluding hydrogens is 256 g/mol. The lowest BCUT2D eigenvalue weighted by molar-refractivity contribution is 0.832. The highest BCUT2D eigenvalue weighted by Gasteiger charge is 2.07. The second-order valence-electron chi connectivity index (χ2n) is 5.94. The maximum atomic E-state index is 3.60. The van der Waals surface area contributed by atoms with Crippen molar-refractivity contribution >= 4 is 11.4 Å². The van der Waals surface area contributed by atoms with Crippen molar-refractivity contribution < 1.29 is 0 Å². The highest BCUT2D eigenvalue weighted by molar-refractivity contribution is 5.57. The van der Waals surface area contributed by atoms with Gasteiger partial charge in [-0.3, -0.25) is 0 Å². The number of nitrogens with one attached hydrogen (secondary N) is 2. The van der Waals surface area contributed by atoms with Gasteiger partial charge < -0.3 is 10.6 Å². The van der Waals surface area contributed by atoms with Crippen LogP contribution in [0.5, 0.6) is 0 Å². The summed E-state index contributed by atoms with van der Waals surface area (Å²) in [6.07, 6.45) is 0. The first-order chi connectivity index (χ1) is 9.99. The van der Waals surface area contributed by atoms with E-state index in [1.54, 1.807) is 0 Å². The van der Waals surface area contributed by atoms with E-state index in [4.69, 9.17) is 0 Å². The van der Waals surface area contributed by atoms with Crippen LogP contribution in [0.15, 0.2) is 36.4 Å². The van der Waals surface area contributed by atoms with Crippen molar-refractivity contribution in [3.63, 3.8) is 0 Å². The predicted molar refractivity (Wildman–Crippen MR) is 93.4 cm³/mol. The van der Waals surface area contributed by atoms with Gasteiger partial charge >= 0.3 is 0 Å². The summed E-state index contributed by atoms with van der Waals surface area (Å²) in [5.74, 6) is 0. The molecule has 0 aliphatic carbocycles. The molecule has 0 aliphatic heterocycles. The summed E-state index contributed by atoms with van der Waals surface area (Å²) in [4.78, 5) is 0. The largest absolute Gasteiger partial charge is 0.383 e. The fraction of sp³-hybridized carbons (Fsp3) is 0.368. The van der Waals surface area contributed by atoms with Gasteiger partial charge in [0.1, 0.15) is 0 Å². The van der Waals surface area contributed by atoms with E-state index in [9.17, 15) is 0 Å². The summed E-state index contributed by atoms with van der Waals surface area (Å²) in [6, 6.07) is 13.2. The van der Waals surface area contributed by atoms with Crippen LogP contribution in [0.2, 0.25) is 0 Å². The molecule has 0 saturated heterocycles. The van der Waals surface area contributed by atoms with Crippen molar-refractivity contribution in [2.24, 2.45) is 0 Å². The van der Waals surface area contributed by atoms with Gasteiger partial charge in [-0.05, 0) is 62.9 Å². The predicted octanol–water partition coefficient (Wildman–Crippen LogP) is 4.83. The zero-order chi connectivity index (χ0) is 15.4. The Morgan fingerprint density at radius 2 is 1.43 bits per heavy atom. The number of anilines is 2. The summed E-state index contributed by atoms with van der Waals surface area (Å²) in [6.45, 7) is 11.7. The fourth-order valence-electron chi connectivity index (χ4n) is 2.57. The Morgan fingerprint density at radius 1 is 0.857 bits per heavy atom. The molecule has 0 aliphatic rings. The number of benzene rings is 2. The molecule has 2 heteroatoms. The van der Waals surface area contributed by atoms with Crippen molar-refractivity contribution in [1.82, 2.24) is 0 Å². The van der Waals surface area contributed by atoms with Crippen LogP contribution in [0.25, 0.3) is 0 Å². The summed E-state index contributed by atoms with van der Waals surface area (Å²) in [5.41, 5.74) is 7.74. The average Bonchev–Trinajstić information content (AvgIpc) is 2.43. The zero-order valence-electron chi connectivity index (χ0n) is 13.7. The first-order valence-electron chi connectivity index (χ1n) is 7.62. The molecule has 2 nitrogen and oxygen atoms in total. The lowest BCUT2D eigenvalue weighted by Crippen LogP contribution is -2.25. The molecule has 2 aromatic rings. The molecule has 0 fully saturated rings. The van der Waals surface area contributed by atoms with Crippen LogP contribution in [0, 0.1) is 27.7 Å². The lowest BCUT2D eigenvalue weighted by atomic mass is 10.1. The van der Waals surface area contributed by atoms with Gasteiger partial charge in [0, 0.05) is 24.0 Å². The van der Waals surface area contributed by atoms with Crippen molar-refractivity contribution in [3.05, 3.63) is 58.7 Å². The van der Waals surface area contributed by atoms with E-state index < -0.39 is 0 Å².